The summed E-state index contributed by atoms with van der Waals surface area (Å²) in [5, 5.41) is 19.9. The van der Waals surface area contributed by atoms with E-state index in [2.05, 4.69) is 4.90 Å². The van der Waals surface area contributed by atoms with Gasteiger partial charge in [0.15, 0.2) is 0 Å². The number of anilines is 1. The molecule has 0 amide bonds. The van der Waals surface area contributed by atoms with Gasteiger partial charge in [0.2, 0.25) is 0 Å². The van der Waals surface area contributed by atoms with Gasteiger partial charge in [-0.3, -0.25) is 4.90 Å². The number of rotatable bonds is 3. The molecule has 1 aromatic rings. The van der Waals surface area contributed by atoms with Crippen LogP contribution in [0.4, 0.5) is 5.69 Å². The van der Waals surface area contributed by atoms with E-state index in [1.807, 2.05) is 31.2 Å². The van der Waals surface area contributed by atoms with Crippen molar-refractivity contribution in [2.24, 2.45) is 5.92 Å². The number of hydrogen-bond acceptors (Lipinski definition) is 4. The Morgan fingerprint density at radius 1 is 1.50 bits per heavy atom. The lowest BCUT2D eigenvalue weighted by Gasteiger charge is -2.35. The molecule has 1 aliphatic heterocycles. The molecule has 0 bridgehead atoms. The number of nitrogens with two attached hydrogens (primary N) is 1. The lowest BCUT2D eigenvalue weighted by atomic mass is 9.96. The first-order chi connectivity index (χ1) is 8.56. The number of likely N-dealkylation sites (tertiary alicyclic amines) is 1. The summed E-state index contributed by atoms with van der Waals surface area (Å²) < 4.78 is 0. The van der Waals surface area contributed by atoms with Crippen molar-refractivity contribution in [3.8, 4) is 0 Å². The minimum absolute atomic E-state index is 0.203. The van der Waals surface area contributed by atoms with Crippen molar-refractivity contribution in [3.05, 3.63) is 29.8 Å². The number of nitrogen functional groups attached to an aromatic ring is 1. The molecule has 1 aromatic carbocycles. The van der Waals surface area contributed by atoms with Gasteiger partial charge in [-0.05, 0) is 30.0 Å². The van der Waals surface area contributed by atoms with Gasteiger partial charge in [0, 0.05) is 25.3 Å². The molecule has 1 saturated heterocycles. The van der Waals surface area contributed by atoms with E-state index in [9.17, 15) is 10.2 Å². The van der Waals surface area contributed by atoms with E-state index in [1.54, 1.807) is 0 Å². The summed E-state index contributed by atoms with van der Waals surface area (Å²) in [5.74, 6) is 0.270. The summed E-state index contributed by atoms with van der Waals surface area (Å²) in [6.45, 7) is 4.32. The summed E-state index contributed by atoms with van der Waals surface area (Å²) in [6.07, 6.45) is 0.0619. The summed E-state index contributed by atoms with van der Waals surface area (Å²) in [5.41, 5.74) is 7.24. The van der Waals surface area contributed by atoms with Crippen molar-refractivity contribution in [3.63, 3.8) is 0 Å². The molecule has 4 N–H and O–H groups in total. The highest BCUT2D eigenvalue weighted by atomic mass is 16.3. The molecule has 0 aliphatic carbocycles. The maximum Gasteiger partial charge on any atom is 0.0917 e. The molecule has 0 radical (unpaired) electrons. The zero-order valence-corrected chi connectivity index (χ0v) is 10.8. The second-order valence-corrected chi connectivity index (χ2v) is 5.28. The van der Waals surface area contributed by atoms with Crippen LogP contribution in [-0.2, 0) is 0 Å². The van der Waals surface area contributed by atoms with E-state index in [0.717, 1.165) is 25.1 Å². The number of benzene rings is 1. The van der Waals surface area contributed by atoms with Gasteiger partial charge in [0.1, 0.15) is 0 Å². The van der Waals surface area contributed by atoms with E-state index in [4.69, 9.17) is 5.73 Å². The third-order valence-electron chi connectivity index (χ3n) is 3.67. The second-order valence-electron chi connectivity index (χ2n) is 5.28. The van der Waals surface area contributed by atoms with Gasteiger partial charge in [0.25, 0.3) is 0 Å². The predicted octanol–water partition coefficient (Wildman–Crippen LogP) is 1.00. The Hall–Kier alpha value is -1.10. The van der Waals surface area contributed by atoms with Crippen LogP contribution >= 0.6 is 0 Å². The topological polar surface area (TPSA) is 69.7 Å². The van der Waals surface area contributed by atoms with Gasteiger partial charge in [-0.1, -0.05) is 19.1 Å². The van der Waals surface area contributed by atoms with Crippen LogP contribution in [0.5, 0.6) is 0 Å². The minimum Gasteiger partial charge on any atom is -0.399 e. The second kappa shape index (κ2) is 5.69. The van der Waals surface area contributed by atoms with Crippen molar-refractivity contribution >= 4 is 5.69 Å². The quantitative estimate of drug-likeness (QED) is 0.700. The molecule has 3 unspecified atom stereocenters. The first-order valence-electron chi connectivity index (χ1n) is 6.50. The van der Waals surface area contributed by atoms with Gasteiger partial charge in [-0.25, -0.2) is 0 Å². The molecular weight excluding hydrogens is 228 g/mol. The highest BCUT2D eigenvalue weighted by Crippen LogP contribution is 2.21. The van der Waals surface area contributed by atoms with Crippen LogP contribution in [0.15, 0.2) is 24.3 Å². The van der Waals surface area contributed by atoms with Crippen molar-refractivity contribution in [2.45, 2.75) is 25.6 Å². The maximum absolute atomic E-state index is 10.2. The molecule has 2 rings (SSSR count). The van der Waals surface area contributed by atoms with E-state index in [1.165, 1.54) is 0 Å². The summed E-state index contributed by atoms with van der Waals surface area (Å²) in [7, 11) is 0. The van der Waals surface area contributed by atoms with Crippen LogP contribution in [0.25, 0.3) is 0 Å². The molecule has 3 atom stereocenters. The van der Waals surface area contributed by atoms with Crippen LogP contribution in [-0.4, -0.2) is 40.9 Å². The molecule has 18 heavy (non-hydrogen) atoms. The number of β-amino-alcohol motifs (C(OH)–C–C–N with tert-alkyl or cyclic N) is 1. The van der Waals surface area contributed by atoms with Gasteiger partial charge in [-0.2, -0.15) is 0 Å². The standard InChI is InChI=1S/C14H22N2O2/c1-10-8-16(6-5-13(10)17)9-14(18)11-3-2-4-12(15)7-11/h2-4,7,10,13-14,17-18H,5-6,8-9,15H2,1H3. The first-order valence-corrected chi connectivity index (χ1v) is 6.50. The van der Waals surface area contributed by atoms with Crippen LogP contribution in [0, 0.1) is 5.92 Å². The zero-order valence-electron chi connectivity index (χ0n) is 10.8. The van der Waals surface area contributed by atoms with Gasteiger partial charge >= 0.3 is 0 Å². The fourth-order valence-electron chi connectivity index (χ4n) is 2.50. The summed E-state index contributed by atoms with van der Waals surface area (Å²) in [6, 6.07) is 7.38. The zero-order chi connectivity index (χ0) is 13.1. The van der Waals surface area contributed by atoms with Crippen LogP contribution in [0.3, 0.4) is 0 Å². The highest BCUT2D eigenvalue weighted by molar-refractivity contribution is 5.41. The van der Waals surface area contributed by atoms with Gasteiger partial charge in [0.05, 0.1) is 12.2 Å². The Kier molecular flexibility index (Phi) is 4.22. The smallest absolute Gasteiger partial charge is 0.0917 e. The predicted molar refractivity (Wildman–Crippen MR) is 72.0 cm³/mol. The van der Waals surface area contributed by atoms with Gasteiger partial charge in [-0.15, -0.1) is 0 Å². The molecule has 4 heteroatoms. The lowest BCUT2D eigenvalue weighted by Crippen LogP contribution is -2.43. The van der Waals surface area contributed by atoms with Crippen molar-refractivity contribution in [1.82, 2.24) is 4.90 Å². The molecule has 1 aliphatic rings. The molecule has 0 spiro atoms. The Morgan fingerprint density at radius 3 is 2.94 bits per heavy atom. The van der Waals surface area contributed by atoms with Gasteiger partial charge < -0.3 is 15.9 Å². The normalized spacial score (nSPS) is 27.1. The Bertz CT molecular complexity index is 397. The Labute approximate surface area is 108 Å². The van der Waals surface area contributed by atoms with Crippen LogP contribution < -0.4 is 5.73 Å². The third-order valence-corrected chi connectivity index (χ3v) is 3.67. The van der Waals surface area contributed by atoms with Crippen molar-refractivity contribution < 1.29 is 10.2 Å². The third kappa shape index (κ3) is 3.22. The largest absolute Gasteiger partial charge is 0.399 e. The maximum atomic E-state index is 10.2. The fourth-order valence-corrected chi connectivity index (χ4v) is 2.50. The lowest BCUT2D eigenvalue weighted by molar-refractivity contribution is 0.0147. The van der Waals surface area contributed by atoms with E-state index in [0.29, 0.717) is 12.2 Å². The summed E-state index contributed by atoms with van der Waals surface area (Å²) >= 11 is 0. The van der Waals surface area contributed by atoms with Crippen LogP contribution in [0.1, 0.15) is 25.0 Å². The van der Waals surface area contributed by atoms with E-state index < -0.39 is 6.10 Å². The Balaban J connectivity index is 1.93. The highest BCUT2D eigenvalue weighted by Gasteiger charge is 2.25. The van der Waals surface area contributed by atoms with Crippen molar-refractivity contribution in [1.29, 1.82) is 0 Å². The number of hydrogen-bond donors (Lipinski definition) is 3. The van der Waals surface area contributed by atoms with Crippen molar-refractivity contribution in [2.75, 3.05) is 25.4 Å². The number of piperidine rings is 1. The molecule has 100 valence electrons. The van der Waals surface area contributed by atoms with E-state index >= 15 is 0 Å². The fraction of sp³-hybridized carbons (Fsp3) is 0.571. The molecule has 1 heterocycles. The number of nitrogens with zero attached hydrogens (tertiary/aromatic N) is 1. The molecular formula is C14H22N2O2. The number of aliphatic hydroxyl groups excluding tert-OH is 2. The minimum atomic E-state index is -0.518. The molecule has 0 aromatic heterocycles. The molecule has 1 fully saturated rings. The number of aliphatic hydroxyl groups is 2. The average Bonchev–Trinajstić information content (AvgIpc) is 2.34. The average molecular weight is 250 g/mol. The summed E-state index contributed by atoms with van der Waals surface area (Å²) in [4.78, 5) is 2.20. The molecule has 4 nitrogen and oxygen atoms in total. The SMILES string of the molecule is CC1CN(CC(O)c2cccc(N)c2)CCC1O. The van der Waals surface area contributed by atoms with E-state index in [-0.39, 0.29) is 12.0 Å². The monoisotopic (exact) mass is 250 g/mol. The first kappa shape index (κ1) is 13.3. The Morgan fingerprint density at radius 2 is 2.28 bits per heavy atom. The van der Waals surface area contributed by atoms with Crippen LogP contribution in [0.2, 0.25) is 0 Å². The molecule has 0 saturated carbocycles.